The van der Waals surface area contributed by atoms with Crippen LogP contribution >= 0.6 is 0 Å². The minimum atomic E-state index is 0.164. The van der Waals surface area contributed by atoms with E-state index in [2.05, 4.69) is 36.1 Å². The molecule has 2 rings (SSSR count). The molecule has 0 radical (unpaired) electrons. The van der Waals surface area contributed by atoms with Crippen molar-refractivity contribution in [2.24, 2.45) is 10.9 Å². The third-order valence-corrected chi connectivity index (χ3v) is 5.48. The Morgan fingerprint density at radius 2 is 2.00 bits per heavy atom. The second-order valence-electron chi connectivity index (χ2n) is 7.39. The number of nitrogens with zero attached hydrogens (tertiary/aromatic N) is 2. The van der Waals surface area contributed by atoms with Crippen molar-refractivity contribution in [3.05, 3.63) is 42.5 Å². The lowest BCUT2D eigenvalue weighted by molar-refractivity contribution is -0.136. The minimum absolute atomic E-state index is 0.164. The maximum atomic E-state index is 12.6. The Balaban J connectivity index is 1.83. The number of rotatable bonds is 9. The summed E-state index contributed by atoms with van der Waals surface area (Å²) in [5.41, 5.74) is 1.07. The molecule has 1 aliphatic heterocycles. The average Bonchev–Trinajstić information content (AvgIpc) is 2.76. The van der Waals surface area contributed by atoms with Crippen molar-refractivity contribution in [2.45, 2.75) is 52.1 Å². The van der Waals surface area contributed by atoms with Crippen LogP contribution in [0.2, 0.25) is 0 Å². The number of carbonyl (C=O) groups excluding carboxylic acids is 1. The van der Waals surface area contributed by atoms with Crippen molar-refractivity contribution in [1.82, 2.24) is 15.5 Å². The van der Waals surface area contributed by atoms with Crippen LogP contribution in [0, 0.1) is 5.92 Å². The van der Waals surface area contributed by atoms with Gasteiger partial charge in [0.1, 0.15) is 12.4 Å². The van der Waals surface area contributed by atoms with Gasteiger partial charge in [-0.2, -0.15) is 0 Å². The molecule has 160 valence electrons. The molecule has 0 atom stereocenters. The summed E-state index contributed by atoms with van der Waals surface area (Å²) in [5.74, 6) is 2.10. The van der Waals surface area contributed by atoms with E-state index in [9.17, 15) is 4.79 Å². The first-order chi connectivity index (χ1) is 14.1. The molecule has 6 nitrogen and oxygen atoms in total. The predicted octanol–water partition coefficient (Wildman–Crippen LogP) is 3.34. The predicted molar refractivity (Wildman–Crippen MR) is 119 cm³/mol. The number of carbonyl (C=O) groups is 1. The molecule has 0 spiro atoms. The minimum Gasteiger partial charge on any atom is -0.489 e. The molecule has 1 amide bonds. The zero-order chi connectivity index (χ0) is 21.1. The van der Waals surface area contributed by atoms with Crippen LogP contribution in [0.1, 0.15) is 45.1 Å². The molecule has 0 bridgehead atoms. The van der Waals surface area contributed by atoms with Gasteiger partial charge in [0.15, 0.2) is 5.96 Å². The number of likely N-dealkylation sites (tertiary alicyclic amines) is 1. The monoisotopic (exact) mass is 400 g/mol. The van der Waals surface area contributed by atoms with E-state index in [0.717, 1.165) is 56.0 Å². The van der Waals surface area contributed by atoms with Gasteiger partial charge < -0.3 is 20.3 Å². The SMILES string of the molecule is C=CCOc1ccccc1CNC(=NC)NC1CCN(C(=O)C(CC)CC)CC1. The van der Waals surface area contributed by atoms with Gasteiger partial charge in [-0.3, -0.25) is 9.79 Å². The van der Waals surface area contributed by atoms with Gasteiger partial charge in [0, 0.05) is 44.2 Å². The molecule has 0 aromatic heterocycles. The van der Waals surface area contributed by atoms with E-state index in [-0.39, 0.29) is 5.92 Å². The number of nitrogens with one attached hydrogen (secondary N) is 2. The summed E-state index contributed by atoms with van der Waals surface area (Å²) in [6.07, 6.45) is 5.45. The first kappa shape index (κ1) is 22.8. The summed E-state index contributed by atoms with van der Waals surface area (Å²) in [6.45, 7) is 10.6. The molecule has 6 heteroatoms. The van der Waals surface area contributed by atoms with E-state index in [1.54, 1.807) is 13.1 Å². The van der Waals surface area contributed by atoms with Gasteiger partial charge >= 0.3 is 0 Å². The first-order valence-electron chi connectivity index (χ1n) is 10.7. The van der Waals surface area contributed by atoms with Gasteiger partial charge in [-0.15, -0.1) is 0 Å². The third-order valence-electron chi connectivity index (χ3n) is 5.48. The average molecular weight is 401 g/mol. The summed E-state index contributed by atoms with van der Waals surface area (Å²) in [5, 5.41) is 6.87. The normalized spacial score (nSPS) is 15.3. The molecule has 2 N–H and O–H groups in total. The third kappa shape index (κ3) is 6.80. The fraction of sp³-hybridized carbons (Fsp3) is 0.565. The van der Waals surface area contributed by atoms with Gasteiger partial charge in [0.05, 0.1) is 0 Å². The molecule has 1 aromatic carbocycles. The Bertz CT molecular complexity index is 677. The quantitative estimate of drug-likeness (QED) is 0.379. The number of piperidine rings is 1. The lowest BCUT2D eigenvalue weighted by atomic mass is 9.98. The van der Waals surface area contributed by atoms with E-state index in [1.807, 2.05) is 29.2 Å². The van der Waals surface area contributed by atoms with Crippen molar-refractivity contribution < 1.29 is 9.53 Å². The Labute approximate surface area is 175 Å². The second kappa shape index (κ2) is 12.1. The highest BCUT2D eigenvalue weighted by Gasteiger charge is 2.26. The molecule has 1 saturated heterocycles. The number of ether oxygens (including phenoxy) is 1. The van der Waals surface area contributed by atoms with Crippen LogP contribution in [0.25, 0.3) is 0 Å². The summed E-state index contributed by atoms with van der Waals surface area (Å²) in [6, 6.07) is 8.29. The first-order valence-corrected chi connectivity index (χ1v) is 10.7. The Kier molecular flexibility index (Phi) is 9.54. The van der Waals surface area contributed by atoms with Crippen molar-refractivity contribution in [1.29, 1.82) is 0 Å². The molecule has 1 aromatic rings. The van der Waals surface area contributed by atoms with E-state index in [1.165, 1.54) is 0 Å². The highest BCUT2D eigenvalue weighted by atomic mass is 16.5. The Hall–Kier alpha value is -2.50. The topological polar surface area (TPSA) is 66.0 Å². The maximum Gasteiger partial charge on any atom is 0.225 e. The van der Waals surface area contributed by atoms with Crippen LogP contribution in [0.5, 0.6) is 5.75 Å². The number of benzene rings is 1. The van der Waals surface area contributed by atoms with Crippen molar-refractivity contribution in [2.75, 3.05) is 26.7 Å². The van der Waals surface area contributed by atoms with Crippen LogP contribution in [0.3, 0.4) is 0 Å². The Morgan fingerprint density at radius 3 is 2.62 bits per heavy atom. The highest BCUT2D eigenvalue weighted by molar-refractivity contribution is 5.80. The fourth-order valence-electron chi connectivity index (χ4n) is 3.65. The largest absolute Gasteiger partial charge is 0.489 e. The molecule has 1 heterocycles. The lowest BCUT2D eigenvalue weighted by Gasteiger charge is -2.34. The molecule has 1 aliphatic rings. The molecular formula is C23H36N4O2. The fourth-order valence-corrected chi connectivity index (χ4v) is 3.65. The van der Waals surface area contributed by atoms with Crippen LogP contribution < -0.4 is 15.4 Å². The van der Waals surface area contributed by atoms with Gasteiger partial charge in [0.2, 0.25) is 5.91 Å². The van der Waals surface area contributed by atoms with Gasteiger partial charge in [-0.05, 0) is 31.7 Å². The summed E-state index contributed by atoms with van der Waals surface area (Å²) < 4.78 is 5.72. The number of aliphatic imine (C=N–C) groups is 1. The standard InChI is InChI=1S/C23H36N4O2/c1-5-16-29-21-11-9-8-10-19(21)17-25-23(24-4)26-20-12-14-27(15-13-20)22(28)18(6-2)7-3/h5,8-11,18,20H,1,6-7,12-17H2,2-4H3,(H2,24,25,26). The smallest absolute Gasteiger partial charge is 0.225 e. The van der Waals surface area contributed by atoms with Gasteiger partial charge in [-0.1, -0.05) is 44.7 Å². The molecule has 0 aliphatic carbocycles. The van der Waals surface area contributed by atoms with Gasteiger partial charge in [-0.25, -0.2) is 0 Å². The number of para-hydroxylation sites is 1. The summed E-state index contributed by atoms with van der Waals surface area (Å²) in [7, 11) is 1.78. The van der Waals surface area contributed by atoms with E-state index in [0.29, 0.717) is 25.1 Å². The van der Waals surface area contributed by atoms with Crippen molar-refractivity contribution in [3.63, 3.8) is 0 Å². The van der Waals surface area contributed by atoms with Crippen LogP contribution in [0.4, 0.5) is 0 Å². The molecule has 1 fully saturated rings. The summed E-state index contributed by atoms with van der Waals surface area (Å²) >= 11 is 0. The number of hydrogen-bond acceptors (Lipinski definition) is 3. The van der Waals surface area contributed by atoms with E-state index >= 15 is 0 Å². The van der Waals surface area contributed by atoms with Crippen LogP contribution in [-0.2, 0) is 11.3 Å². The second-order valence-corrected chi connectivity index (χ2v) is 7.39. The van der Waals surface area contributed by atoms with Crippen molar-refractivity contribution >= 4 is 11.9 Å². The zero-order valence-electron chi connectivity index (χ0n) is 18.1. The lowest BCUT2D eigenvalue weighted by Crippen LogP contribution is -2.50. The van der Waals surface area contributed by atoms with Crippen LogP contribution in [0.15, 0.2) is 41.9 Å². The summed E-state index contributed by atoms with van der Waals surface area (Å²) in [4.78, 5) is 18.9. The molecule has 0 saturated carbocycles. The number of guanidine groups is 1. The molecule has 0 unspecified atom stereocenters. The highest BCUT2D eigenvalue weighted by Crippen LogP contribution is 2.19. The van der Waals surface area contributed by atoms with Gasteiger partial charge in [0.25, 0.3) is 0 Å². The Morgan fingerprint density at radius 1 is 1.31 bits per heavy atom. The van der Waals surface area contributed by atoms with Crippen LogP contribution in [-0.4, -0.2) is 49.6 Å². The van der Waals surface area contributed by atoms with E-state index < -0.39 is 0 Å². The number of amides is 1. The number of hydrogen-bond donors (Lipinski definition) is 2. The van der Waals surface area contributed by atoms with E-state index in [4.69, 9.17) is 4.74 Å². The van der Waals surface area contributed by atoms with Crippen molar-refractivity contribution in [3.8, 4) is 5.75 Å². The maximum absolute atomic E-state index is 12.6. The molecule has 29 heavy (non-hydrogen) atoms. The molecular weight excluding hydrogens is 364 g/mol. The zero-order valence-corrected chi connectivity index (χ0v) is 18.1.